The van der Waals surface area contributed by atoms with Crippen molar-refractivity contribution in [1.82, 2.24) is 4.90 Å². The Hall–Kier alpha value is -2.24. The number of rotatable bonds is 6. The van der Waals surface area contributed by atoms with Gasteiger partial charge in [-0.2, -0.15) is 0 Å². The fraction of sp³-hybridized carbons (Fsp3) is 0.467. The number of carboxylic acid groups (broad SMARTS) is 1. The van der Waals surface area contributed by atoms with E-state index in [1.165, 1.54) is 19.1 Å². The minimum Gasteiger partial charge on any atom is -0.493 e. The van der Waals surface area contributed by atoms with E-state index >= 15 is 0 Å². The van der Waals surface area contributed by atoms with Gasteiger partial charge >= 0.3 is 5.97 Å². The molecule has 21 heavy (non-hydrogen) atoms. The molecule has 1 rings (SSSR count). The number of amides is 1. The molecule has 0 aromatic heterocycles. The van der Waals surface area contributed by atoms with Crippen molar-refractivity contribution in [3.05, 3.63) is 23.8 Å². The number of benzene rings is 1. The lowest BCUT2D eigenvalue weighted by molar-refractivity contribution is -0.139. The highest BCUT2D eigenvalue weighted by atomic mass is 16.5. The third-order valence-corrected chi connectivity index (χ3v) is 3.43. The van der Waals surface area contributed by atoms with Crippen LogP contribution >= 0.6 is 0 Å². The van der Waals surface area contributed by atoms with Crippen LogP contribution in [0.5, 0.6) is 11.5 Å². The molecule has 1 aromatic rings. The average Bonchev–Trinajstić information content (AvgIpc) is 2.43. The lowest BCUT2D eigenvalue weighted by Crippen LogP contribution is -2.46. The Balaban J connectivity index is 3.05. The molecule has 0 spiro atoms. The van der Waals surface area contributed by atoms with E-state index in [-0.39, 0.29) is 12.3 Å². The highest BCUT2D eigenvalue weighted by molar-refractivity contribution is 5.95. The number of carboxylic acids is 1. The molecule has 6 nitrogen and oxygen atoms in total. The highest BCUT2D eigenvalue weighted by Gasteiger charge is 2.31. The van der Waals surface area contributed by atoms with Crippen molar-refractivity contribution in [1.29, 1.82) is 0 Å². The van der Waals surface area contributed by atoms with E-state index in [0.717, 1.165) is 0 Å². The first-order valence-corrected chi connectivity index (χ1v) is 6.45. The largest absolute Gasteiger partial charge is 0.493 e. The maximum absolute atomic E-state index is 12.5. The Morgan fingerprint density at radius 3 is 2.24 bits per heavy atom. The van der Waals surface area contributed by atoms with Crippen molar-refractivity contribution in [3.8, 4) is 11.5 Å². The van der Waals surface area contributed by atoms with Gasteiger partial charge in [0.25, 0.3) is 5.91 Å². The molecule has 1 aromatic carbocycles. The Labute approximate surface area is 124 Å². The number of aliphatic carboxylic acids is 1. The maximum atomic E-state index is 12.5. The van der Waals surface area contributed by atoms with E-state index in [2.05, 4.69) is 0 Å². The minimum absolute atomic E-state index is 0.136. The molecule has 0 aliphatic carbocycles. The smallest absolute Gasteiger partial charge is 0.305 e. The van der Waals surface area contributed by atoms with Crippen LogP contribution in [0.25, 0.3) is 0 Å². The van der Waals surface area contributed by atoms with Crippen molar-refractivity contribution in [2.75, 3.05) is 21.3 Å². The third kappa shape index (κ3) is 3.87. The maximum Gasteiger partial charge on any atom is 0.305 e. The standard InChI is InChI=1S/C15H21NO5/c1-15(2,9-13(17)18)16(3)14(19)10-6-7-11(20-4)12(8-10)21-5/h6-8H,9H2,1-5H3,(H,17,18). The molecule has 0 radical (unpaired) electrons. The summed E-state index contributed by atoms with van der Waals surface area (Å²) in [5.41, 5.74) is -0.385. The molecule has 0 saturated carbocycles. The van der Waals surface area contributed by atoms with Crippen molar-refractivity contribution in [3.63, 3.8) is 0 Å². The predicted molar refractivity (Wildman–Crippen MR) is 78.0 cm³/mol. The van der Waals surface area contributed by atoms with Crippen LogP contribution in [0.15, 0.2) is 18.2 Å². The SMILES string of the molecule is COc1ccc(C(=O)N(C)C(C)(C)CC(=O)O)cc1OC. The van der Waals surface area contributed by atoms with Crippen LogP contribution in [0.3, 0.4) is 0 Å². The van der Waals surface area contributed by atoms with Gasteiger partial charge in [0.15, 0.2) is 11.5 Å². The van der Waals surface area contributed by atoms with Gasteiger partial charge in [-0.05, 0) is 32.0 Å². The number of carbonyl (C=O) groups excluding carboxylic acids is 1. The molecule has 0 fully saturated rings. The normalized spacial score (nSPS) is 10.9. The molecule has 1 amide bonds. The average molecular weight is 295 g/mol. The molecular formula is C15H21NO5. The van der Waals surface area contributed by atoms with Gasteiger partial charge in [0, 0.05) is 18.2 Å². The van der Waals surface area contributed by atoms with E-state index in [4.69, 9.17) is 14.6 Å². The summed E-state index contributed by atoms with van der Waals surface area (Å²) in [6.07, 6.45) is -0.136. The molecule has 0 heterocycles. The molecule has 116 valence electrons. The van der Waals surface area contributed by atoms with Gasteiger partial charge in [-0.3, -0.25) is 9.59 Å². The summed E-state index contributed by atoms with van der Waals surface area (Å²) in [6, 6.07) is 4.84. The predicted octanol–water partition coefficient (Wildman–Crippen LogP) is 2.03. The van der Waals surface area contributed by atoms with Gasteiger partial charge in [0.1, 0.15) is 0 Å². The van der Waals surface area contributed by atoms with Crippen LogP contribution in [0.2, 0.25) is 0 Å². The summed E-state index contributed by atoms with van der Waals surface area (Å²) in [7, 11) is 4.59. The van der Waals surface area contributed by atoms with E-state index in [9.17, 15) is 9.59 Å². The Kier molecular flexibility index (Phi) is 5.18. The van der Waals surface area contributed by atoms with Crippen LogP contribution in [-0.2, 0) is 4.79 Å². The molecule has 0 aliphatic heterocycles. The number of carbonyl (C=O) groups is 2. The zero-order valence-electron chi connectivity index (χ0n) is 13.0. The van der Waals surface area contributed by atoms with Gasteiger partial charge in [0.05, 0.1) is 20.6 Å². The summed E-state index contributed by atoms with van der Waals surface area (Å²) < 4.78 is 10.3. The fourth-order valence-electron chi connectivity index (χ4n) is 1.93. The summed E-state index contributed by atoms with van der Waals surface area (Å²) >= 11 is 0. The Morgan fingerprint density at radius 2 is 1.76 bits per heavy atom. The lowest BCUT2D eigenvalue weighted by Gasteiger charge is -2.34. The van der Waals surface area contributed by atoms with E-state index in [1.807, 2.05) is 0 Å². The quantitative estimate of drug-likeness (QED) is 0.869. The van der Waals surface area contributed by atoms with Crippen molar-refractivity contribution in [2.45, 2.75) is 25.8 Å². The molecule has 6 heteroatoms. The topological polar surface area (TPSA) is 76.1 Å². The molecule has 0 saturated heterocycles. The molecule has 0 unspecified atom stereocenters. The first-order chi connectivity index (χ1) is 9.72. The van der Waals surface area contributed by atoms with Crippen LogP contribution in [0, 0.1) is 0 Å². The molecule has 0 bridgehead atoms. The van der Waals surface area contributed by atoms with E-state index in [0.29, 0.717) is 17.1 Å². The molecule has 0 atom stereocenters. The second kappa shape index (κ2) is 6.47. The van der Waals surface area contributed by atoms with Crippen molar-refractivity contribution < 1.29 is 24.2 Å². The van der Waals surface area contributed by atoms with Gasteiger partial charge in [-0.15, -0.1) is 0 Å². The van der Waals surface area contributed by atoms with Gasteiger partial charge in [-0.25, -0.2) is 0 Å². The second-order valence-corrected chi connectivity index (χ2v) is 5.32. The molecule has 0 aliphatic rings. The molecule has 1 N–H and O–H groups in total. The third-order valence-electron chi connectivity index (χ3n) is 3.43. The molecular weight excluding hydrogens is 274 g/mol. The zero-order chi connectivity index (χ0) is 16.2. The monoisotopic (exact) mass is 295 g/mol. The number of methoxy groups -OCH3 is 2. The van der Waals surface area contributed by atoms with Gasteiger partial charge in [0.2, 0.25) is 0 Å². The minimum atomic E-state index is -0.952. The van der Waals surface area contributed by atoms with E-state index < -0.39 is 11.5 Å². The number of hydrogen-bond acceptors (Lipinski definition) is 4. The summed E-state index contributed by atoms with van der Waals surface area (Å²) in [4.78, 5) is 24.8. The van der Waals surface area contributed by atoms with Crippen LogP contribution in [-0.4, -0.2) is 48.7 Å². The second-order valence-electron chi connectivity index (χ2n) is 5.32. The first kappa shape index (κ1) is 16.8. The van der Waals surface area contributed by atoms with E-state index in [1.54, 1.807) is 39.1 Å². The Bertz CT molecular complexity index is 539. The number of ether oxygens (including phenoxy) is 2. The van der Waals surface area contributed by atoms with Gasteiger partial charge in [-0.1, -0.05) is 0 Å². The van der Waals surface area contributed by atoms with Crippen molar-refractivity contribution in [2.24, 2.45) is 0 Å². The summed E-state index contributed by atoms with van der Waals surface area (Å²) in [6.45, 7) is 3.42. The summed E-state index contributed by atoms with van der Waals surface area (Å²) in [5.74, 6) is -0.247. The van der Waals surface area contributed by atoms with Crippen molar-refractivity contribution >= 4 is 11.9 Å². The lowest BCUT2D eigenvalue weighted by atomic mass is 9.97. The van der Waals surface area contributed by atoms with Crippen LogP contribution in [0.1, 0.15) is 30.6 Å². The highest BCUT2D eigenvalue weighted by Crippen LogP contribution is 2.29. The number of nitrogens with zero attached hydrogens (tertiary/aromatic N) is 1. The van der Waals surface area contributed by atoms with Crippen LogP contribution < -0.4 is 9.47 Å². The zero-order valence-corrected chi connectivity index (χ0v) is 13.0. The fourth-order valence-corrected chi connectivity index (χ4v) is 1.93. The Morgan fingerprint density at radius 1 is 1.19 bits per heavy atom. The first-order valence-electron chi connectivity index (χ1n) is 6.45. The van der Waals surface area contributed by atoms with Crippen LogP contribution in [0.4, 0.5) is 0 Å². The number of hydrogen-bond donors (Lipinski definition) is 1. The van der Waals surface area contributed by atoms with Gasteiger partial charge < -0.3 is 19.5 Å². The summed E-state index contributed by atoms with van der Waals surface area (Å²) in [5, 5.41) is 8.93.